The smallest absolute Gasteiger partial charge is 0.239 e. The quantitative estimate of drug-likeness (QED) is 0.680. The maximum atomic E-state index is 12.3. The number of rotatable bonds is 2. The van der Waals surface area contributed by atoms with Crippen LogP contribution >= 0.6 is 0 Å². The Morgan fingerprint density at radius 2 is 1.88 bits per heavy atom. The minimum atomic E-state index is 0.000260. The van der Waals surface area contributed by atoms with Crippen LogP contribution in [0.1, 0.15) is 25.7 Å². The van der Waals surface area contributed by atoms with Crippen LogP contribution in [0.3, 0.4) is 0 Å². The summed E-state index contributed by atoms with van der Waals surface area (Å²) in [6, 6.07) is 0.000260. The minimum Gasteiger partial charge on any atom is -0.342 e. The molecule has 2 rings (SSSR count). The van der Waals surface area contributed by atoms with Gasteiger partial charge < -0.3 is 15.1 Å². The number of hydrogen-bond donors (Lipinski definition) is 1. The first-order valence-electron chi connectivity index (χ1n) is 6.53. The summed E-state index contributed by atoms with van der Waals surface area (Å²) in [5.41, 5.74) is 0. The van der Waals surface area contributed by atoms with Gasteiger partial charge in [-0.3, -0.25) is 9.59 Å². The fourth-order valence-corrected chi connectivity index (χ4v) is 2.51. The van der Waals surface area contributed by atoms with Crippen LogP contribution in [0.5, 0.6) is 0 Å². The molecular weight excluding hydrogens is 218 g/mol. The Kier molecular flexibility index (Phi) is 4.36. The van der Waals surface area contributed by atoms with Crippen molar-refractivity contribution in [3.63, 3.8) is 0 Å². The van der Waals surface area contributed by atoms with E-state index in [9.17, 15) is 9.59 Å². The predicted octanol–water partition coefficient (Wildman–Crippen LogP) is -0.181. The third-order valence-electron chi connectivity index (χ3n) is 3.63. The van der Waals surface area contributed by atoms with Crippen LogP contribution in [-0.4, -0.2) is 60.9 Å². The second-order valence-electron chi connectivity index (χ2n) is 4.82. The van der Waals surface area contributed by atoms with E-state index in [1.165, 1.54) is 12.8 Å². The summed E-state index contributed by atoms with van der Waals surface area (Å²) in [5, 5.41) is 3.33. The van der Waals surface area contributed by atoms with Gasteiger partial charge in [0, 0.05) is 26.2 Å². The second-order valence-corrected chi connectivity index (χ2v) is 4.82. The molecule has 2 aliphatic rings. The highest BCUT2D eigenvalue weighted by Gasteiger charge is 2.27. The van der Waals surface area contributed by atoms with E-state index in [4.69, 9.17) is 0 Å². The average Bonchev–Trinajstić information content (AvgIpc) is 2.67. The lowest BCUT2D eigenvalue weighted by Crippen LogP contribution is -2.53. The summed E-state index contributed by atoms with van der Waals surface area (Å²) >= 11 is 0. The molecule has 2 aliphatic heterocycles. The molecule has 5 heteroatoms. The van der Waals surface area contributed by atoms with Crippen LogP contribution in [0, 0.1) is 0 Å². The van der Waals surface area contributed by atoms with Gasteiger partial charge in [-0.15, -0.1) is 0 Å². The summed E-state index contributed by atoms with van der Waals surface area (Å²) in [4.78, 5) is 26.5. The molecular formula is C12H21N3O2. The molecule has 96 valence electrons. The van der Waals surface area contributed by atoms with E-state index in [2.05, 4.69) is 5.32 Å². The highest BCUT2D eigenvalue weighted by Crippen LogP contribution is 2.12. The van der Waals surface area contributed by atoms with Crippen LogP contribution in [0.25, 0.3) is 0 Å². The molecule has 0 bridgehead atoms. The van der Waals surface area contributed by atoms with Gasteiger partial charge in [0.2, 0.25) is 12.3 Å². The van der Waals surface area contributed by atoms with Crippen molar-refractivity contribution in [3.8, 4) is 0 Å². The van der Waals surface area contributed by atoms with Crippen molar-refractivity contribution in [3.05, 3.63) is 0 Å². The lowest BCUT2D eigenvalue weighted by molar-refractivity contribution is -0.137. The Morgan fingerprint density at radius 3 is 2.59 bits per heavy atom. The first-order valence-corrected chi connectivity index (χ1v) is 6.53. The number of carbonyl (C=O) groups is 2. The molecule has 0 spiro atoms. The van der Waals surface area contributed by atoms with Crippen molar-refractivity contribution in [2.75, 3.05) is 32.7 Å². The van der Waals surface area contributed by atoms with Gasteiger partial charge in [-0.05, 0) is 19.4 Å². The Balaban J connectivity index is 1.84. The lowest BCUT2D eigenvalue weighted by atomic mass is 10.1. The Labute approximate surface area is 102 Å². The first kappa shape index (κ1) is 12.4. The van der Waals surface area contributed by atoms with Gasteiger partial charge in [0.15, 0.2) is 0 Å². The molecule has 5 nitrogen and oxygen atoms in total. The number of nitrogens with zero attached hydrogens (tertiary/aromatic N) is 2. The van der Waals surface area contributed by atoms with Gasteiger partial charge in [0.25, 0.3) is 0 Å². The fraction of sp³-hybridized carbons (Fsp3) is 0.833. The Hall–Kier alpha value is -1.10. The summed E-state index contributed by atoms with van der Waals surface area (Å²) in [7, 11) is 0. The van der Waals surface area contributed by atoms with Crippen molar-refractivity contribution < 1.29 is 9.59 Å². The summed E-state index contributed by atoms with van der Waals surface area (Å²) in [5.74, 6) is 0.220. The van der Waals surface area contributed by atoms with Crippen LogP contribution in [0.15, 0.2) is 0 Å². The number of nitrogens with one attached hydrogen (secondary N) is 1. The van der Waals surface area contributed by atoms with Crippen LogP contribution in [0.2, 0.25) is 0 Å². The number of amides is 2. The molecule has 0 aromatic carbocycles. The molecule has 2 amide bonds. The largest absolute Gasteiger partial charge is 0.342 e. The molecule has 2 fully saturated rings. The number of hydrogen-bond acceptors (Lipinski definition) is 3. The zero-order valence-corrected chi connectivity index (χ0v) is 10.2. The first-order chi connectivity index (χ1) is 8.31. The lowest BCUT2D eigenvalue weighted by Gasteiger charge is -2.34. The second kappa shape index (κ2) is 6.00. The van der Waals surface area contributed by atoms with Crippen molar-refractivity contribution in [1.82, 2.24) is 15.1 Å². The van der Waals surface area contributed by atoms with E-state index in [0.29, 0.717) is 26.2 Å². The van der Waals surface area contributed by atoms with Gasteiger partial charge in [-0.2, -0.15) is 0 Å². The van der Waals surface area contributed by atoms with Gasteiger partial charge in [0.1, 0.15) is 0 Å². The molecule has 0 saturated carbocycles. The SMILES string of the molecule is O=CN1CCN(C(=O)[C@@H]2CCCCCN2)CC1. The maximum absolute atomic E-state index is 12.3. The molecule has 2 heterocycles. The Bertz CT molecular complexity index is 267. The highest BCUT2D eigenvalue weighted by molar-refractivity contribution is 5.82. The molecule has 1 atom stereocenters. The van der Waals surface area contributed by atoms with E-state index in [1.807, 2.05) is 4.90 Å². The van der Waals surface area contributed by atoms with Gasteiger partial charge in [0.05, 0.1) is 6.04 Å². The summed E-state index contributed by atoms with van der Waals surface area (Å²) < 4.78 is 0. The Morgan fingerprint density at radius 1 is 1.12 bits per heavy atom. The van der Waals surface area contributed by atoms with E-state index in [-0.39, 0.29) is 11.9 Å². The zero-order chi connectivity index (χ0) is 12.1. The van der Waals surface area contributed by atoms with Crippen molar-refractivity contribution in [2.45, 2.75) is 31.7 Å². The minimum absolute atomic E-state index is 0.000260. The normalized spacial score (nSPS) is 26.5. The van der Waals surface area contributed by atoms with Crippen LogP contribution in [0.4, 0.5) is 0 Å². The predicted molar refractivity (Wildman–Crippen MR) is 64.5 cm³/mol. The summed E-state index contributed by atoms with van der Waals surface area (Å²) in [6.45, 7) is 3.64. The monoisotopic (exact) mass is 239 g/mol. The number of piperazine rings is 1. The van der Waals surface area contributed by atoms with Crippen LogP contribution < -0.4 is 5.32 Å². The van der Waals surface area contributed by atoms with Crippen molar-refractivity contribution in [2.24, 2.45) is 0 Å². The average molecular weight is 239 g/mol. The van der Waals surface area contributed by atoms with Crippen molar-refractivity contribution in [1.29, 1.82) is 0 Å². The van der Waals surface area contributed by atoms with E-state index in [1.54, 1.807) is 4.90 Å². The summed E-state index contributed by atoms with van der Waals surface area (Å²) in [6.07, 6.45) is 5.34. The maximum Gasteiger partial charge on any atom is 0.239 e. The van der Waals surface area contributed by atoms with Gasteiger partial charge in [-0.25, -0.2) is 0 Å². The van der Waals surface area contributed by atoms with Gasteiger partial charge in [-0.1, -0.05) is 12.8 Å². The molecule has 2 saturated heterocycles. The molecule has 0 aliphatic carbocycles. The van der Waals surface area contributed by atoms with E-state index < -0.39 is 0 Å². The van der Waals surface area contributed by atoms with E-state index >= 15 is 0 Å². The third kappa shape index (κ3) is 3.19. The topological polar surface area (TPSA) is 52.7 Å². The third-order valence-corrected chi connectivity index (χ3v) is 3.63. The van der Waals surface area contributed by atoms with Gasteiger partial charge >= 0.3 is 0 Å². The molecule has 0 radical (unpaired) electrons. The molecule has 0 aromatic heterocycles. The zero-order valence-electron chi connectivity index (χ0n) is 10.2. The molecule has 0 aromatic rings. The molecule has 1 N–H and O–H groups in total. The standard InChI is InChI=1S/C12H21N3O2/c16-10-14-6-8-15(9-7-14)12(17)11-4-2-1-3-5-13-11/h10-11,13H,1-9H2/t11-/m0/s1. The highest BCUT2D eigenvalue weighted by atomic mass is 16.2. The number of carbonyl (C=O) groups excluding carboxylic acids is 2. The molecule has 0 unspecified atom stereocenters. The fourth-order valence-electron chi connectivity index (χ4n) is 2.51. The van der Waals surface area contributed by atoms with E-state index in [0.717, 1.165) is 25.8 Å². The van der Waals surface area contributed by atoms with Crippen LogP contribution in [-0.2, 0) is 9.59 Å². The molecule has 17 heavy (non-hydrogen) atoms. The van der Waals surface area contributed by atoms with Crippen molar-refractivity contribution >= 4 is 12.3 Å².